The fraction of sp³-hybridized carbons (Fsp3) is 0.500. The average molecular weight is 214 g/mol. The summed E-state index contributed by atoms with van der Waals surface area (Å²) in [4.78, 5) is 12.6. The monoisotopic (exact) mass is 214 g/mol. The van der Waals surface area contributed by atoms with E-state index in [-0.39, 0.29) is 5.97 Å². The summed E-state index contributed by atoms with van der Waals surface area (Å²) in [6.45, 7) is 5.51. The van der Waals surface area contributed by atoms with Crippen LogP contribution >= 0.6 is 11.3 Å². The molecule has 0 radical (unpaired) electrons. The lowest BCUT2D eigenvalue weighted by Crippen LogP contribution is -2.12. The van der Waals surface area contributed by atoms with Crippen molar-refractivity contribution in [3.8, 4) is 0 Å². The Morgan fingerprint density at radius 3 is 2.64 bits per heavy atom. The lowest BCUT2D eigenvalue weighted by molar-refractivity contribution is 0.0532. The van der Waals surface area contributed by atoms with Gasteiger partial charge in [0.2, 0.25) is 0 Å². The number of esters is 1. The van der Waals surface area contributed by atoms with E-state index in [9.17, 15) is 9.90 Å². The summed E-state index contributed by atoms with van der Waals surface area (Å²) in [7, 11) is 0. The third kappa shape index (κ3) is 2.56. The van der Waals surface area contributed by atoms with Crippen LogP contribution in [0, 0.1) is 0 Å². The normalized spacial score (nSPS) is 11.4. The van der Waals surface area contributed by atoms with Crippen molar-refractivity contribution in [2.75, 3.05) is 6.61 Å². The van der Waals surface area contributed by atoms with Crippen LogP contribution in [-0.2, 0) is 10.3 Å². The zero-order valence-electron chi connectivity index (χ0n) is 8.53. The number of hydrogen-bond acceptors (Lipinski definition) is 4. The topological polar surface area (TPSA) is 46.5 Å². The molecule has 0 aromatic carbocycles. The van der Waals surface area contributed by atoms with Crippen LogP contribution in [0.3, 0.4) is 0 Å². The summed E-state index contributed by atoms with van der Waals surface area (Å²) in [5.41, 5.74) is -0.893. The van der Waals surface area contributed by atoms with E-state index in [0.717, 1.165) is 4.88 Å². The van der Waals surface area contributed by atoms with Crippen LogP contribution in [0.4, 0.5) is 0 Å². The molecule has 1 heterocycles. The molecule has 1 aromatic heterocycles. The number of ether oxygens (including phenoxy) is 1. The van der Waals surface area contributed by atoms with Gasteiger partial charge in [0.1, 0.15) is 4.88 Å². The molecule has 4 heteroatoms. The second kappa shape index (κ2) is 4.11. The van der Waals surface area contributed by atoms with Crippen LogP contribution in [-0.4, -0.2) is 17.7 Å². The zero-order valence-corrected chi connectivity index (χ0v) is 9.35. The van der Waals surface area contributed by atoms with Crippen molar-refractivity contribution in [1.29, 1.82) is 0 Å². The molecule has 1 aromatic rings. The molecule has 3 nitrogen and oxygen atoms in total. The van der Waals surface area contributed by atoms with Crippen molar-refractivity contribution >= 4 is 17.3 Å². The highest BCUT2D eigenvalue weighted by atomic mass is 32.1. The average Bonchev–Trinajstić information content (AvgIpc) is 2.51. The van der Waals surface area contributed by atoms with Crippen molar-refractivity contribution in [2.24, 2.45) is 0 Å². The predicted octanol–water partition coefficient (Wildman–Crippen LogP) is 2.15. The molecule has 0 fully saturated rings. The minimum Gasteiger partial charge on any atom is -0.462 e. The molecule has 0 aliphatic carbocycles. The molecule has 0 saturated heterocycles. The summed E-state index contributed by atoms with van der Waals surface area (Å²) in [6, 6.07) is 3.42. The molecule has 0 spiro atoms. The van der Waals surface area contributed by atoms with Gasteiger partial charge in [0, 0.05) is 4.88 Å². The molecule has 1 rings (SSSR count). The van der Waals surface area contributed by atoms with Crippen molar-refractivity contribution in [2.45, 2.75) is 26.4 Å². The van der Waals surface area contributed by atoms with Crippen molar-refractivity contribution < 1.29 is 14.6 Å². The number of carbonyl (C=O) groups excluding carboxylic acids is 1. The molecule has 1 N–H and O–H groups in total. The highest BCUT2D eigenvalue weighted by molar-refractivity contribution is 7.14. The third-order valence-corrected chi connectivity index (χ3v) is 3.06. The van der Waals surface area contributed by atoms with E-state index in [1.165, 1.54) is 11.3 Å². The Kier molecular flexibility index (Phi) is 3.29. The van der Waals surface area contributed by atoms with Crippen LogP contribution in [0.5, 0.6) is 0 Å². The summed E-state index contributed by atoms with van der Waals surface area (Å²) in [5, 5.41) is 9.67. The Hall–Kier alpha value is -0.870. The van der Waals surface area contributed by atoms with Gasteiger partial charge in [-0.05, 0) is 32.9 Å². The van der Waals surface area contributed by atoms with Crippen LogP contribution in [0.25, 0.3) is 0 Å². The molecule has 0 atom stereocenters. The molecular weight excluding hydrogens is 200 g/mol. The Bertz CT molecular complexity index is 322. The van der Waals surface area contributed by atoms with Gasteiger partial charge < -0.3 is 9.84 Å². The highest BCUT2D eigenvalue weighted by Gasteiger charge is 2.20. The smallest absolute Gasteiger partial charge is 0.348 e. The standard InChI is InChI=1S/C10H14O3S/c1-4-13-9(11)7-5-6-8(14-7)10(2,3)12/h5-6,12H,4H2,1-3H3. The molecule has 0 aliphatic heterocycles. The minimum atomic E-state index is -0.893. The largest absolute Gasteiger partial charge is 0.462 e. The van der Waals surface area contributed by atoms with E-state index >= 15 is 0 Å². The highest BCUT2D eigenvalue weighted by Crippen LogP contribution is 2.27. The first-order valence-corrected chi connectivity index (χ1v) is 5.26. The number of hydrogen-bond donors (Lipinski definition) is 1. The molecule has 78 valence electrons. The van der Waals surface area contributed by atoms with Gasteiger partial charge in [0.05, 0.1) is 12.2 Å². The first-order valence-electron chi connectivity index (χ1n) is 4.45. The van der Waals surface area contributed by atoms with Gasteiger partial charge in [0.25, 0.3) is 0 Å². The SMILES string of the molecule is CCOC(=O)c1ccc(C(C)(C)O)s1. The summed E-state index contributed by atoms with van der Waals surface area (Å²) in [5.74, 6) is -0.326. The zero-order chi connectivity index (χ0) is 10.8. The molecule has 0 amide bonds. The molecule has 14 heavy (non-hydrogen) atoms. The van der Waals surface area contributed by atoms with E-state index in [2.05, 4.69) is 0 Å². The van der Waals surface area contributed by atoms with Gasteiger partial charge in [-0.1, -0.05) is 0 Å². The maximum atomic E-state index is 11.3. The molecule has 0 unspecified atom stereocenters. The second-order valence-corrected chi connectivity index (χ2v) is 4.53. The van der Waals surface area contributed by atoms with Gasteiger partial charge in [0.15, 0.2) is 0 Å². The molecule has 0 bridgehead atoms. The van der Waals surface area contributed by atoms with Gasteiger partial charge in [-0.15, -0.1) is 11.3 Å². The Morgan fingerprint density at radius 1 is 1.57 bits per heavy atom. The third-order valence-electron chi connectivity index (χ3n) is 1.69. The Balaban J connectivity index is 2.83. The van der Waals surface area contributed by atoms with Gasteiger partial charge in [-0.2, -0.15) is 0 Å². The summed E-state index contributed by atoms with van der Waals surface area (Å²) in [6.07, 6.45) is 0. The van der Waals surface area contributed by atoms with Crippen LogP contribution in [0.2, 0.25) is 0 Å². The minimum absolute atomic E-state index is 0.326. The van der Waals surface area contributed by atoms with E-state index in [1.54, 1.807) is 32.9 Å². The first kappa shape index (κ1) is 11.2. The van der Waals surface area contributed by atoms with Gasteiger partial charge >= 0.3 is 5.97 Å². The Labute approximate surface area is 87.3 Å². The first-order chi connectivity index (χ1) is 6.45. The van der Waals surface area contributed by atoms with Crippen molar-refractivity contribution in [1.82, 2.24) is 0 Å². The lowest BCUT2D eigenvalue weighted by atomic mass is 10.1. The number of aliphatic hydroxyl groups is 1. The fourth-order valence-corrected chi connectivity index (χ4v) is 1.88. The summed E-state index contributed by atoms with van der Waals surface area (Å²) < 4.78 is 4.84. The predicted molar refractivity (Wildman–Crippen MR) is 55.5 cm³/mol. The van der Waals surface area contributed by atoms with E-state index < -0.39 is 5.60 Å². The van der Waals surface area contributed by atoms with E-state index in [1.807, 2.05) is 0 Å². The maximum absolute atomic E-state index is 11.3. The molecular formula is C10H14O3S. The van der Waals surface area contributed by atoms with Crippen LogP contribution < -0.4 is 0 Å². The van der Waals surface area contributed by atoms with E-state index in [4.69, 9.17) is 4.74 Å². The van der Waals surface area contributed by atoms with Gasteiger partial charge in [-0.25, -0.2) is 4.79 Å². The number of rotatable bonds is 3. The van der Waals surface area contributed by atoms with Crippen LogP contribution in [0.15, 0.2) is 12.1 Å². The molecule has 0 saturated carbocycles. The van der Waals surface area contributed by atoms with Gasteiger partial charge in [-0.3, -0.25) is 0 Å². The van der Waals surface area contributed by atoms with Crippen molar-refractivity contribution in [3.63, 3.8) is 0 Å². The Morgan fingerprint density at radius 2 is 2.21 bits per heavy atom. The lowest BCUT2D eigenvalue weighted by Gasteiger charge is -2.13. The summed E-state index contributed by atoms with van der Waals surface area (Å²) >= 11 is 1.26. The quantitative estimate of drug-likeness (QED) is 0.784. The fourth-order valence-electron chi connectivity index (χ4n) is 0.979. The number of carbonyl (C=O) groups is 1. The van der Waals surface area contributed by atoms with Crippen LogP contribution in [0.1, 0.15) is 35.3 Å². The van der Waals surface area contributed by atoms with E-state index in [0.29, 0.717) is 11.5 Å². The molecule has 0 aliphatic rings. The maximum Gasteiger partial charge on any atom is 0.348 e. The second-order valence-electron chi connectivity index (χ2n) is 3.44. The van der Waals surface area contributed by atoms with Crippen molar-refractivity contribution in [3.05, 3.63) is 21.9 Å². The number of thiophene rings is 1.